The highest BCUT2D eigenvalue weighted by molar-refractivity contribution is 5.95. The third-order valence-corrected chi connectivity index (χ3v) is 4.25. The zero-order chi connectivity index (χ0) is 26.3. The van der Waals surface area contributed by atoms with E-state index in [1.807, 2.05) is 0 Å². The van der Waals surface area contributed by atoms with Crippen LogP contribution in [0.3, 0.4) is 0 Å². The molecule has 0 aliphatic carbocycles. The average molecular weight is 492 g/mol. The molecule has 0 aliphatic rings. The van der Waals surface area contributed by atoms with Gasteiger partial charge in [-0.1, -0.05) is 0 Å². The summed E-state index contributed by atoms with van der Waals surface area (Å²) in [7, 11) is 1.40. The van der Waals surface area contributed by atoms with Crippen LogP contribution in [-0.2, 0) is 28.8 Å². The highest BCUT2D eigenvalue weighted by Gasteiger charge is 2.27. The van der Waals surface area contributed by atoms with Crippen LogP contribution in [0, 0.1) is 0 Å². The summed E-state index contributed by atoms with van der Waals surface area (Å²) in [5.74, 6) is -4.90. The predicted octanol–water partition coefficient (Wildman–Crippen LogP) is -7.18. The second kappa shape index (κ2) is 16.4. The van der Waals surface area contributed by atoms with Gasteiger partial charge in [-0.25, -0.2) is 0 Å². The maximum absolute atomic E-state index is 12.2. The number of rotatable bonds is 16. The molecule has 0 aromatic heterocycles. The Hall–Kier alpha value is -3.18. The fourth-order valence-corrected chi connectivity index (χ4v) is 2.30. The van der Waals surface area contributed by atoms with Crippen molar-refractivity contribution in [2.75, 3.05) is 46.6 Å². The second-order valence-electron chi connectivity index (χ2n) is 6.95. The summed E-state index contributed by atoms with van der Waals surface area (Å²) in [5.41, 5.74) is 0. The van der Waals surface area contributed by atoms with Crippen LogP contribution in [0.5, 0.6) is 0 Å². The number of aliphatic hydroxyl groups is 4. The van der Waals surface area contributed by atoms with Gasteiger partial charge in [0.1, 0.15) is 30.0 Å². The predicted molar refractivity (Wildman–Crippen MR) is 114 cm³/mol. The minimum absolute atomic E-state index is 0.323. The van der Waals surface area contributed by atoms with Crippen LogP contribution < -0.4 is 31.9 Å². The lowest BCUT2D eigenvalue weighted by Crippen LogP contribution is -2.58. The van der Waals surface area contributed by atoms with E-state index >= 15 is 0 Å². The van der Waals surface area contributed by atoms with Gasteiger partial charge in [0.05, 0.1) is 39.5 Å². The van der Waals surface area contributed by atoms with E-state index in [4.69, 9.17) is 5.11 Å². The van der Waals surface area contributed by atoms with E-state index in [0.717, 1.165) is 0 Å². The molecule has 0 aromatic rings. The van der Waals surface area contributed by atoms with Gasteiger partial charge in [-0.2, -0.15) is 0 Å². The average Bonchev–Trinajstić information content (AvgIpc) is 2.81. The summed E-state index contributed by atoms with van der Waals surface area (Å²) in [6.07, 6.45) is 0. The number of hydrogen-bond donors (Lipinski definition) is 10. The van der Waals surface area contributed by atoms with Crippen molar-refractivity contribution >= 4 is 35.3 Å². The fraction of sp³-hybridized carbons (Fsp3) is 0.667. The van der Waals surface area contributed by atoms with Crippen molar-refractivity contribution in [2.45, 2.75) is 31.1 Å². The van der Waals surface area contributed by atoms with Crippen molar-refractivity contribution in [3.05, 3.63) is 0 Å². The Balaban J connectivity index is 4.80. The molecular formula is C18H32N6O10. The van der Waals surface area contributed by atoms with Crippen LogP contribution in [0.1, 0.15) is 6.92 Å². The molecule has 16 nitrogen and oxygen atoms in total. The van der Waals surface area contributed by atoms with Gasteiger partial charge >= 0.3 is 0 Å². The summed E-state index contributed by atoms with van der Waals surface area (Å²) in [6, 6.07) is -5.46. The zero-order valence-electron chi connectivity index (χ0n) is 18.8. The van der Waals surface area contributed by atoms with E-state index in [0.29, 0.717) is 0 Å². The summed E-state index contributed by atoms with van der Waals surface area (Å²) in [6.45, 7) is -2.89. The molecule has 0 heterocycles. The summed E-state index contributed by atoms with van der Waals surface area (Å²) in [5, 5.41) is 50.2. The minimum atomic E-state index is -1.55. The van der Waals surface area contributed by atoms with Gasteiger partial charge in [0, 0.05) is 0 Å². The standard InChI is InChI=1S/C18H32N6O10/c1-9(29)3-20-15(31)11(6-26)24-18(34)13(8-28)22-14(30)4-21-16(32)12(7-27)23-17(33)10(5-25)19-2/h10-13,19,25-28H,3-8H2,1-2H3,(H,20,31)(H,21,32)(H,22,30)(H,23,33)(H,24,34). The molecule has 0 radical (unpaired) electrons. The molecule has 4 unspecified atom stereocenters. The first kappa shape index (κ1) is 30.8. The molecule has 0 bridgehead atoms. The highest BCUT2D eigenvalue weighted by Crippen LogP contribution is 1.91. The molecule has 0 saturated heterocycles. The number of likely N-dealkylation sites (N-methyl/N-ethyl adjacent to an activating group) is 1. The number of hydrogen-bond acceptors (Lipinski definition) is 11. The van der Waals surface area contributed by atoms with Crippen molar-refractivity contribution in [1.29, 1.82) is 0 Å². The Morgan fingerprint density at radius 1 is 0.588 bits per heavy atom. The van der Waals surface area contributed by atoms with Crippen molar-refractivity contribution < 1.29 is 49.2 Å². The quantitative estimate of drug-likeness (QED) is 0.0968. The van der Waals surface area contributed by atoms with Crippen LogP contribution >= 0.6 is 0 Å². The SMILES string of the molecule is CNC(CO)C(=O)NC(CO)C(=O)NCC(=O)NC(CO)C(=O)NC(CO)C(=O)NCC(C)=O. The lowest BCUT2D eigenvalue weighted by molar-refractivity contribution is -0.134. The molecule has 16 heteroatoms. The molecule has 34 heavy (non-hydrogen) atoms. The lowest BCUT2D eigenvalue weighted by Gasteiger charge is -2.21. The van der Waals surface area contributed by atoms with Gasteiger partial charge in [0.25, 0.3) is 0 Å². The molecule has 0 spiro atoms. The van der Waals surface area contributed by atoms with Crippen molar-refractivity contribution in [1.82, 2.24) is 31.9 Å². The fourth-order valence-electron chi connectivity index (χ4n) is 2.30. The largest absolute Gasteiger partial charge is 0.394 e. The van der Waals surface area contributed by atoms with Crippen LogP contribution in [0.15, 0.2) is 0 Å². The number of Topliss-reactive ketones (excluding diaryl/α,β-unsaturated/α-hetero) is 1. The van der Waals surface area contributed by atoms with Crippen LogP contribution in [0.25, 0.3) is 0 Å². The van der Waals surface area contributed by atoms with E-state index in [1.165, 1.54) is 14.0 Å². The van der Waals surface area contributed by atoms with Gasteiger partial charge < -0.3 is 52.3 Å². The highest BCUT2D eigenvalue weighted by atomic mass is 16.3. The Bertz CT molecular complexity index is 730. The van der Waals surface area contributed by atoms with Gasteiger partial charge in [-0.3, -0.25) is 28.8 Å². The molecule has 10 N–H and O–H groups in total. The minimum Gasteiger partial charge on any atom is -0.394 e. The molecule has 0 rings (SSSR count). The third-order valence-electron chi connectivity index (χ3n) is 4.25. The summed E-state index contributed by atoms with van der Waals surface area (Å²) in [4.78, 5) is 71.0. The van der Waals surface area contributed by atoms with E-state index in [1.54, 1.807) is 0 Å². The van der Waals surface area contributed by atoms with Crippen LogP contribution in [0.2, 0.25) is 0 Å². The number of nitrogens with one attached hydrogen (secondary N) is 6. The smallest absolute Gasteiger partial charge is 0.245 e. The zero-order valence-corrected chi connectivity index (χ0v) is 18.8. The normalized spacial score (nSPS) is 14.1. The van der Waals surface area contributed by atoms with Gasteiger partial charge in [0.2, 0.25) is 29.5 Å². The van der Waals surface area contributed by atoms with Gasteiger partial charge in [-0.05, 0) is 14.0 Å². The van der Waals surface area contributed by atoms with Gasteiger partial charge in [0.15, 0.2) is 0 Å². The summed E-state index contributed by atoms with van der Waals surface area (Å²) < 4.78 is 0. The third kappa shape index (κ3) is 11.1. The number of carbonyl (C=O) groups excluding carboxylic acids is 6. The first-order valence-electron chi connectivity index (χ1n) is 10.1. The Kier molecular flexibility index (Phi) is 14.9. The molecular weight excluding hydrogens is 460 g/mol. The molecule has 0 aliphatic heterocycles. The van der Waals surface area contributed by atoms with Crippen LogP contribution in [-0.4, -0.2) is 126 Å². The summed E-state index contributed by atoms with van der Waals surface area (Å²) >= 11 is 0. The molecule has 0 fully saturated rings. The maximum atomic E-state index is 12.2. The first-order valence-corrected chi connectivity index (χ1v) is 10.1. The van der Waals surface area contributed by atoms with Crippen LogP contribution in [0.4, 0.5) is 0 Å². The number of amides is 5. The van der Waals surface area contributed by atoms with E-state index in [-0.39, 0.29) is 12.3 Å². The van der Waals surface area contributed by atoms with E-state index in [2.05, 4.69) is 31.9 Å². The van der Waals surface area contributed by atoms with Crippen molar-refractivity contribution in [3.8, 4) is 0 Å². The molecule has 0 saturated carbocycles. The molecule has 194 valence electrons. The lowest BCUT2D eigenvalue weighted by atomic mass is 10.2. The number of aliphatic hydroxyl groups excluding tert-OH is 4. The molecule has 0 aromatic carbocycles. The van der Waals surface area contributed by atoms with E-state index < -0.39 is 86.7 Å². The Morgan fingerprint density at radius 3 is 1.35 bits per heavy atom. The maximum Gasteiger partial charge on any atom is 0.245 e. The Morgan fingerprint density at radius 2 is 0.971 bits per heavy atom. The van der Waals surface area contributed by atoms with Gasteiger partial charge in [-0.15, -0.1) is 0 Å². The number of carbonyl (C=O) groups is 6. The number of ketones is 1. The Labute approximate surface area is 194 Å². The second-order valence-corrected chi connectivity index (χ2v) is 6.95. The monoisotopic (exact) mass is 492 g/mol. The van der Waals surface area contributed by atoms with E-state index in [9.17, 15) is 44.1 Å². The van der Waals surface area contributed by atoms with Crippen molar-refractivity contribution in [2.24, 2.45) is 0 Å². The topological polar surface area (TPSA) is 256 Å². The first-order chi connectivity index (χ1) is 16.0. The van der Waals surface area contributed by atoms with Crippen molar-refractivity contribution in [3.63, 3.8) is 0 Å². The molecule has 4 atom stereocenters. The molecule has 5 amide bonds.